The van der Waals surface area contributed by atoms with Gasteiger partial charge >= 0.3 is 0 Å². The van der Waals surface area contributed by atoms with Crippen LogP contribution in [-0.4, -0.2) is 10.9 Å². The van der Waals surface area contributed by atoms with Crippen molar-refractivity contribution < 1.29 is 4.79 Å². The molecule has 2 N–H and O–H groups in total. The summed E-state index contributed by atoms with van der Waals surface area (Å²) in [5.74, 6) is -0.539. The molecule has 0 spiro atoms. The molecule has 0 bridgehead atoms. The second-order valence-corrected chi connectivity index (χ2v) is 4.26. The fourth-order valence-electron chi connectivity index (χ4n) is 1.53. The van der Waals surface area contributed by atoms with E-state index in [-0.39, 0.29) is 0 Å². The lowest BCUT2D eigenvalue weighted by Crippen LogP contribution is -2.11. The minimum atomic E-state index is -0.539. The second-order valence-electron chi connectivity index (χ2n) is 3.47. The first-order valence-corrected chi connectivity index (χ1v) is 7.30. The number of nitrogens with two attached hydrogens (primary N) is 1. The summed E-state index contributed by atoms with van der Waals surface area (Å²) in [7, 11) is 0. The summed E-state index contributed by atoms with van der Waals surface area (Å²) in [4.78, 5) is 15.2. The SMILES string of the molecule is CC.CC.Cc1cc(Cl)c(Cl)c2cc(C(N)=O)cnc12. The summed E-state index contributed by atoms with van der Waals surface area (Å²) < 4.78 is 0. The number of hydrogen-bond donors (Lipinski definition) is 1. The van der Waals surface area contributed by atoms with Gasteiger partial charge in [0.2, 0.25) is 5.91 Å². The largest absolute Gasteiger partial charge is 0.366 e. The molecule has 0 saturated heterocycles. The Hall–Kier alpha value is -1.32. The molecule has 1 amide bonds. The Morgan fingerprint density at radius 1 is 1.15 bits per heavy atom. The Morgan fingerprint density at radius 3 is 2.20 bits per heavy atom. The van der Waals surface area contributed by atoms with Crippen molar-refractivity contribution in [2.75, 3.05) is 0 Å². The minimum absolute atomic E-state index is 0.316. The van der Waals surface area contributed by atoms with Crippen LogP contribution in [0.15, 0.2) is 18.3 Å². The number of primary amides is 1. The van der Waals surface area contributed by atoms with Crippen LogP contribution in [0.4, 0.5) is 0 Å². The molecule has 0 aliphatic heterocycles. The van der Waals surface area contributed by atoms with Gasteiger partial charge in [-0.05, 0) is 24.6 Å². The highest BCUT2D eigenvalue weighted by atomic mass is 35.5. The summed E-state index contributed by atoms with van der Waals surface area (Å²) in [6.07, 6.45) is 1.43. The van der Waals surface area contributed by atoms with E-state index in [0.29, 0.717) is 21.0 Å². The van der Waals surface area contributed by atoms with Crippen molar-refractivity contribution >= 4 is 40.0 Å². The van der Waals surface area contributed by atoms with Gasteiger partial charge in [0, 0.05) is 11.6 Å². The normalized spacial score (nSPS) is 9.15. The molecule has 0 atom stereocenters. The lowest BCUT2D eigenvalue weighted by atomic mass is 10.1. The summed E-state index contributed by atoms with van der Waals surface area (Å²) in [5.41, 5.74) is 7.12. The van der Waals surface area contributed by atoms with E-state index in [2.05, 4.69) is 4.98 Å². The van der Waals surface area contributed by atoms with E-state index in [4.69, 9.17) is 28.9 Å². The highest BCUT2D eigenvalue weighted by Gasteiger charge is 2.10. The molecule has 2 rings (SSSR count). The quantitative estimate of drug-likeness (QED) is 0.805. The van der Waals surface area contributed by atoms with Gasteiger partial charge in [-0.3, -0.25) is 9.78 Å². The highest BCUT2D eigenvalue weighted by Crippen LogP contribution is 2.32. The fourth-order valence-corrected chi connectivity index (χ4v) is 2.00. The molecule has 20 heavy (non-hydrogen) atoms. The monoisotopic (exact) mass is 314 g/mol. The van der Waals surface area contributed by atoms with Crippen molar-refractivity contribution in [2.24, 2.45) is 5.73 Å². The van der Waals surface area contributed by atoms with E-state index in [1.165, 1.54) is 6.20 Å². The first kappa shape index (κ1) is 18.7. The van der Waals surface area contributed by atoms with Crippen molar-refractivity contribution in [1.29, 1.82) is 0 Å². The summed E-state index contributed by atoms with van der Waals surface area (Å²) in [5, 5.41) is 1.47. The summed E-state index contributed by atoms with van der Waals surface area (Å²) in [6.45, 7) is 9.88. The predicted octanol–water partition coefficient (Wildman–Crippen LogP) is 5.00. The van der Waals surface area contributed by atoms with Crippen LogP contribution in [0.3, 0.4) is 0 Å². The van der Waals surface area contributed by atoms with Crippen LogP contribution < -0.4 is 5.73 Å². The van der Waals surface area contributed by atoms with E-state index in [9.17, 15) is 4.79 Å². The molecular formula is C15H20Cl2N2O. The maximum Gasteiger partial charge on any atom is 0.250 e. The van der Waals surface area contributed by atoms with Crippen LogP contribution in [0.5, 0.6) is 0 Å². The molecule has 1 aromatic heterocycles. The molecule has 3 nitrogen and oxygen atoms in total. The number of pyridine rings is 1. The second kappa shape index (κ2) is 8.77. The van der Waals surface area contributed by atoms with Crippen molar-refractivity contribution in [2.45, 2.75) is 34.6 Å². The molecule has 1 aromatic carbocycles. The average Bonchev–Trinajstić information content (AvgIpc) is 2.48. The first-order valence-electron chi connectivity index (χ1n) is 6.55. The molecule has 110 valence electrons. The molecule has 0 aliphatic rings. The number of rotatable bonds is 1. The van der Waals surface area contributed by atoms with Crippen LogP contribution in [0, 0.1) is 6.92 Å². The number of hydrogen-bond acceptors (Lipinski definition) is 2. The van der Waals surface area contributed by atoms with E-state index < -0.39 is 5.91 Å². The van der Waals surface area contributed by atoms with Crippen LogP contribution in [0.2, 0.25) is 10.0 Å². The van der Waals surface area contributed by atoms with Gasteiger partial charge in [0.1, 0.15) is 0 Å². The molecule has 2 aromatic rings. The van der Waals surface area contributed by atoms with E-state index in [0.717, 1.165) is 11.1 Å². The zero-order valence-corrected chi connectivity index (χ0v) is 13.9. The molecule has 0 fully saturated rings. The van der Waals surface area contributed by atoms with Crippen molar-refractivity contribution in [3.63, 3.8) is 0 Å². The third kappa shape index (κ3) is 4.09. The summed E-state index contributed by atoms with van der Waals surface area (Å²) in [6, 6.07) is 3.34. The Balaban J connectivity index is 0.000000829. The number of benzene rings is 1. The number of halogens is 2. The zero-order chi connectivity index (χ0) is 15.9. The lowest BCUT2D eigenvalue weighted by molar-refractivity contribution is 0.1000. The van der Waals surface area contributed by atoms with Gasteiger partial charge in [-0.1, -0.05) is 50.9 Å². The lowest BCUT2D eigenvalue weighted by Gasteiger charge is -2.06. The number of carbonyl (C=O) groups is 1. The molecule has 0 aliphatic carbocycles. The molecule has 1 heterocycles. The fraction of sp³-hybridized carbons (Fsp3) is 0.333. The standard InChI is InChI=1S/C11H8Cl2N2O.2C2H6/c1-5-2-8(12)9(13)7-3-6(11(14)16)4-15-10(5)7;2*1-2/h2-4H,1H3,(H2,14,16);2*1-2H3. The van der Waals surface area contributed by atoms with Gasteiger partial charge in [0.05, 0.1) is 21.1 Å². The van der Waals surface area contributed by atoms with Crippen molar-refractivity contribution in [3.05, 3.63) is 39.5 Å². The molecule has 0 unspecified atom stereocenters. The number of carbonyl (C=O) groups excluding carboxylic acids is 1. The zero-order valence-electron chi connectivity index (χ0n) is 12.4. The number of aromatic nitrogens is 1. The van der Waals surface area contributed by atoms with Gasteiger partial charge in [0.15, 0.2) is 0 Å². The maximum atomic E-state index is 11.0. The Labute approximate surface area is 130 Å². The van der Waals surface area contributed by atoms with Crippen molar-refractivity contribution in [1.82, 2.24) is 4.98 Å². The van der Waals surface area contributed by atoms with Gasteiger partial charge in [-0.2, -0.15) is 0 Å². The van der Waals surface area contributed by atoms with Gasteiger partial charge < -0.3 is 5.73 Å². The highest BCUT2D eigenvalue weighted by molar-refractivity contribution is 6.45. The Morgan fingerprint density at radius 2 is 1.70 bits per heavy atom. The van der Waals surface area contributed by atoms with Gasteiger partial charge in [-0.15, -0.1) is 0 Å². The number of nitrogens with zero attached hydrogens (tertiary/aromatic N) is 1. The summed E-state index contributed by atoms with van der Waals surface area (Å²) >= 11 is 12.0. The van der Waals surface area contributed by atoms with Crippen molar-refractivity contribution in [3.8, 4) is 0 Å². The Bertz CT molecular complexity index is 598. The average molecular weight is 315 g/mol. The van der Waals surface area contributed by atoms with E-state index in [1.54, 1.807) is 12.1 Å². The molecule has 0 radical (unpaired) electrons. The maximum absolute atomic E-state index is 11.0. The number of amides is 1. The smallest absolute Gasteiger partial charge is 0.250 e. The number of fused-ring (bicyclic) bond motifs is 1. The topological polar surface area (TPSA) is 56.0 Å². The van der Waals surface area contributed by atoms with Crippen LogP contribution in [0.25, 0.3) is 10.9 Å². The van der Waals surface area contributed by atoms with Crippen LogP contribution >= 0.6 is 23.2 Å². The predicted molar refractivity (Wildman–Crippen MR) is 87.7 cm³/mol. The minimum Gasteiger partial charge on any atom is -0.366 e. The van der Waals surface area contributed by atoms with E-state index in [1.807, 2.05) is 34.6 Å². The van der Waals surface area contributed by atoms with Crippen LogP contribution in [-0.2, 0) is 0 Å². The van der Waals surface area contributed by atoms with Crippen LogP contribution in [0.1, 0.15) is 43.6 Å². The third-order valence-corrected chi connectivity index (χ3v) is 3.14. The van der Waals surface area contributed by atoms with Gasteiger partial charge in [0.25, 0.3) is 0 Å². The Kier molecular flexibility index (Phi) is 8.19. The molecule has 0 saturated carbocycles. The first-order chi connectivity index (χ1) is 9.50. The third-order valence-electron chi connectivity index (χ3n) is 2.34. The molecule has 5 heteroatoms. The number of aryl methyl sites for hydroxylation is 1. The van der Waals surface area contributed by atoms with Gasteiger partial charge in [-0.25, -0.2) is 0 Å². The van der Waals surface area contributed by atoms with E-state index >= 15 is 0 Å². The molecular weight excluding hydrogens is 295 g/mol.